The summed E-state index contributed by atoms with van der Waals surface area (Å²) in [5, 5.41) is 6.64. The van der Waals surface area contributed by atoms with E-state index in [0.717, 1.165) is 5.56 Å². The minimum atomic E-state index is -0.210. The standard InChI is InChI=1S/C14H14N6O/c1-19-14(16-9-17-19)18-13(21)12-4-2-3-11(7-12)8-20-6-5-15-10-20/h2-7,9-10H,8H2,1H3,(H,16,17,18,21). The van der Waals surface area contributed by atoms with E-state index in [-0.39, 0.29) is 5.91 Å². The molecule has 0 atom stereocenters. The lowest BCUT2D eigenvalue weighted by atomic mass is 10.1. The van der Waals surface area contributed by atoms with Gasteiger partial charge in [-0.05, 0) is 17.7 Å². The summed E-state index contributed by atoms with van der Waals surface area (Å²) in [5.41, 5.74) is 1.61. The van der Waals surface area contributed by atoms with Crippen LogP contribution in [0.2, 0.25) is 0 Å². The van der Waals surface area contributed by atoms with Crippen LogP contribution >= 0.6 is 0 Å². The number of hydrogen-bond acceptors (Lipinski definition) is 4. The third-order valence-electron chi connectivity index (χ3n) is 3.05. The summed E-state index contributed by atoms with van der Waals surface area (Å²) in [6, 6.07) is 7.45. The second kappa shape index (κ2) is 5.58. The van der Waals surface area contributed by atoms with Crippen LogP contribution in [0.4, 0.5) is 5.95 Å². The van der Waals surface area contributed by atoms with E-state index in [0.29, 0.717) is 18.1 Å². The predicted molar refractivity (Wildman–Crippen MR) is 76.7 cm³/mol. The first-order valence-electron chi connectivity index (χ1n) is 6.42. The summed E-state index contributed by atoms with van der Waals surface area (Å²) in [4.78, 5) is 20.2. The van der Waals surface area contributed by atoms with Crippen molar-refractivity contribution in [3.05, 3.63) is 60.4 Å². The van der Waals surface area contributed by atoms with Crippen LogP contribution in [0.25, 0.3) is 0 Å². The normalized spacial score (nSPS) is 10.5. The van der Waals surface area contributed by atoms with Gasteiger partial charge in [-0.15, -0.1) is 0 Å². The molecule has 2 aromatic heterocycles. The van der Waals surface area contributed by atoms with Crippen LogP contribution in [0.5, 0.6) is 0 Å². The highest BCUT2D eigenvalue weighted by Crippen LogP contribution is 2.09. The Kier molecular flexibility index (Phi) is 3.46. The maximum absolute atomic E-state index is 12.2. The van der Waals surface area contributed by atoms with E-state index in [2.05, 4.69) is 20.4 Å². The molecule has 0 aliphatic rings. The van der Waals surface area contributed by atoms with Gasteiger partial charge in [0, 0.05) is 31.5 Å². The number of rotatable bonds is 4. The summed E-state index contributed by atoms with van der Waals surface area (Å²) in [6.07, 6.45) is 6.74. The number of carbonyl (C=O) groups is 1. The number of nitrogens with one attached hydrogen (secondary N) is 1. The summed E-state index contributed by atoms with van der Waals surface area (Å²) in [7, 11) is 1.72. The van der Waals surface area contributed by atoms with Crippen molar-refractivity contribution in [1.82, 2.24) is 24.3 Å². The zero-order chi connectivity index (χ0) is 14.7. The number of nitrogens with zero attached hydrogens (tertiary/aromatic N) is 5. The van der Waals surface area contributed by atoms with Gasteiger partial charge in [-0.25, -0.2) is 9.67 Å². The van der Waals surface area contributed by atoms with E-state index in [1.165, 1.54) is 11.0 Å². The lowest BCUT2D eigenvalue weighted by Crippen LogP contribution is -2.15. The number of amides is 1. The zero-order valence-electron chi connectivity index (χ0n) is 11.5. The molecule has 0 saturated heterocycles. The molecule has 0 aliphatic carbocycles. The van der Waals surface area contributed by atoms with E-state index in [1.807, 2.05) is 29.0 Å². The Bertz CT molecular complexity index is 746. The highest BCUT2D eigenvalue weighted by Gasteiger charge is 2.09. The molecule has 106 valence electrons. The van der Waals surface area contributed by atoms with Crippen molar-refractivity contribution in [2.24, 2.45) is 7.05 Å². The van der Waals surface area contributed by atoms with Gasteiger partial charge >= 0.3 is 0 Å². The molecule has 1 amide bonds. The van der Waals surface area contributed by atoms with E-state index in [9.17, 15) is 4.79 Å². The van der Waals surface area contributed by atoms with Gasteiger partial charge in [-0.1, -0.05) is 12.1 Å². The lowest BCUT2D eigenvalue weighted by Gasteiger charge is -2.07. The van der Waals surface area contributed by atoms with Crippen molar-refractivity contribution in [1.29, 1.82) is 0 Å². The van der Waals surface area contributed by atoms with Gasteiger partial charge in [0.05, 0.1) is 6.33 Å². The quantitative estimate of drug-likeness (QED) is 0.782. The van der Waals surface area contributed by atoms with Gasteiger partial charge in [0.15, 0.2) is 0 Å². The van der Waals surface area contributed by atoms with Crippen LogP contribution in [-0.2, 0) is 13.6 Å². The molecule has 21 heavy (non-hydrogen) atoms. The van der Waals surface area contributed by atoms with Crippen LogP contribution in [0.1, 0.15) is 15.9 Å². The molecular weight excluding hydrogens is 268 g/mol. The molecule has 0 saturated carbocycles. The third kappa shape index (κ3) is 2.97. The number of hydrogen-bond donors (Lipinski definition) is 1. The molecule has 0 spiro atoms. The molecule has 0 aliphatic heterocycles. The Morgan fingerprint density at radius 1 is 1.38 bits per heavy atom. The molecule has 0 radical (unpaired) electrons. The van der Waals surface area contributed by atoms with Gasteiger partial charge < -0.3 is 4.57 Å². The molecule has 0 fully saturated rings. The van der Waals surface area contributed by atoms with Crippen LogP contribution in [0, 0.1) is 0 Å². The van der Waals surface area contributed by atoms with Crippen molar-refractivity contribution in [2.75, 3.05) is 5.32 Å². The minimum Gasteiger partial charge on any atom is -0.333 e. The minimum absolute atomic E-state index is 0.210. The summed E-state index contributed by atoms with van der Waals surface area (Å²) in [6.45, 7) is 0.672. The van der Waals surface area contributed by atoms with Gasteiger partial charge in [0.1, 0.15) is 6.33 Å². The van der Waals surface area contributed by atoms with Gasteiger partial charge in [-0.3, -0.25) is 10.1 Å². The molecular formula is C14H14N6O. The van der Waals surface area contributed by atoms with Crippen LogP contribution < -0.4 is 5.32 Å². The van der Waals surface area contributed by atoms with E-state index in [4.69, 9.17) is 0 Å². The topological polar surface area (TPSA) is 77.6 Å². The Hall–Kier alpha value is -2.96. The molecule has 7 nitrogen and oxygen atoms in total. The Balaban J connectivity index is 1.76. The largest absolute Gasteiger partial charge is 0.333 e. The number of carbonyl (C=O) groups excluding carboxylic acids is 1. The van der Waals surface area contributed by atoms with Crippen molar-refractivity contribution < 1.29 is 4.79 Å². The van der Waals surface area contributed by atoms with Crippen molar-refractivity contribution in [2.45, 2.75) is 6.54 Å². The zero-order valence-corrected chi connectivity index (χ0v) is 11.5. The lowest BCUT2D eigenvalue weighted by molar-refractivity contribution is 0.102. The van der Waals surface area contributed by atoms with Crippen molar-refractivity contribution in [3.8, 4) is 0 Å². The maximum Gasteiger partial charge on any atom is 0.258 e. The fourth-order valence-electron chi connectivity index (χ4n) is 1.99. The fourth-order valence-corrected chi connectivity index (χ4v) is 1.99. The highest BCUT2D eigenvalue weighted by atomic mass is 16.1. The van der Waals surface area contributed by atoms with Gasteiger partial charge in [0.25, 0.3) is 5.91 Å². The molecule has 1 aromatic carbocycles. The second-order valence-electron chi connectivity index (χ2n) is 4.60. The van der Waals surface area contributed by atoms with Gasteiger partial charge in [-0.2, -0.15) is 10.1 Å². The van der Waals surface area contributed by atoms with Crippen molar-refractivity contribution in [3.63, 3.8) is 0 Å². The highest BCUT2D eigenvalue weighted by molar-refractivity contribution is 6.03. The van der Waals surface area contributed by atoms with Crippen LogP contribution in [0.3, 0.4) is 0 Å². The summed E-state index contributed by atoms with van der Waals surface area (Å²) >= 11 is 0. The first-order chi connectivity index (χ1) is 10.2. The van der Waals surface area contributed by atoms with Gasteiger partial charge in [0.2, 0.25) is 5.95 Å². The number of aromatic nitrogens is 5. The fraction of sp³-hybridized carbons (Fsp3) is 0.143. The smallest absolute Gasteiger partial charge is 0.258 e. The first-order valence-corrected chi connectivity index (χ1v) is 6.42. The number of anilines is 1. The Labute approximate surface area is 121 Å². The predicted octanol–water partition coefficient (Wildman–Crippen LogP) is 1.31. The van der Waals surface area contributed by atoms with Crippen LogP contribution in [0.15, 0.2) is 49.3 Å². The maximum atomic E-state index is 12.2. The Morgan fingerprint density at radius 2 is 2.29 bits per heavy atom. The number of imidazole rings is 1. The monoisotopic (exact) mass is 282 g/mol. The SMILES string of the molecule is Cn1ncnc1NC(=O)c1cccc(Cn2ccnc2)c1. The summed E-state index contributed by atoms with van der Waals surface area (Å²) in [5.74, 6) is 0.207. The first kappa shape index (κ1) is 13.0. The molecule has 3 rings (SSSR count). The average Bonchev–Trinajstić information content (AvgIpc) is 3.12. The van der Waals surface area contributed by atoms with E-state index in [1.54, 1.807) is 25.6 Å². The van der Waals surface area contributed by atoms with Crippen molar-refractivity contribution >= 4 is 11.9 Å². The molecule has 7 heteroatoms. The molecule has 1 N–H and O–H groups in total. The number of aryl methyl sites for hydroxylation is 1. The van der Waals surface area contributed by atoms with E-state index >= 15 is 0 Å². The number of benzene rings is 1. The Morgan fingerprint density at radius 3 is 3.00 bits per heavy atom. The summed E-state index contributed by atoms with van der Waals surface area (Å²) < 4.78 is 3.45. The molecule has 0 bridgehead atoms. The average molecular weight is 282 g/mol. The van der Waals surface area contributed by atoms with Crippen LogP contribution in [-0.4, -0.2) is 30.2 Å². The second-order valence-corrected chi connectivity index (χ2v) is 4.60. The molecule has 0 unspecified atom stereocenters. The van der Waals surface area contributed by atoms with E-state index < -0.39 is 0 Å². The molecule has 3 aromatic rings. The molecule has 2 heterocycles. The third-order valence-corrected chi connectivity index (χ3v) is 3.05.